The predicted octanol–water partition coefficient (Wildman–Crippen LogP) is 1.71. The maximum Gasteiger partial charge on any atom is 0.236 e. The Bertz CT molecular complexity index is 546. The molecule has 3 aliphatic rings. The Morgan fingerprint density at radius 3 is 2.17 bits per heavy atom. The summed E-state index contributed by atoms with van der Waals surface area (Å²) >= 11 is 0. The zero-order valence-corrected chi connectivity index (χ0v) is 14.7. The highest BCUT2D eigenvalue weighted by atomic mass is 16.2. The summed E-state index contributed by atoms with van der Waals surface area (Å²) in [6.45, 7) is 5.38. The molecule has 3 rings (SSSR count). The van der Waals surface area contributed by atoms with Gasteiger partial charge in [-0.2, -0.15) is 0 Å². The van der Waals surface area contributed by atoms with E-state index in [2.05, 4.69) is 13.8 Å². The van der Waals surface area contributed by atoms with Crippen molar-refractivity contribution < 1.29 is 14.4 Å². The van der Waals surface area contributed by atoms with Gasteiger partial charge in [0.1, 0.15) is 11.2 Å². The van der Waals surface area contributed by atoms with Gasteiger partial charge in [-0.15, -0.1) is 0 Å². The molecule has 5 heteroatoms. The Hall–Kier alpha value is -1.39. The van der Waals surface area contributed by atoms with Gasteiger partial charge in [0.15, 0.2) is 0 Å². The van der Waals surface area contributed by atoms with E-state index in [1.807, 2.05) is 4.90 Å². The number of fused-ring (bicyclic) bond motifs is 2. The molecule has 1 aliphatic heterocycles. The fraction of sp³-hybridized carbons (Fsp3) is 0.833. The molecular formula is C18H28N2O3. The first kappa shape index (κ1) is 16.5. The molecule has 2 saturated carbocycles. The van der Waals surface area contributed by atoms with E-state index < -0.39 is 5.41 Å². The Morgan fingerprint density at radius 2 is 1.74 bits per heavy atom. The number of ketones is 1. The van der Waals surface area contributed by atoms with Gasteiger partial charge in [-0.3, -0.25) is 14.4 Å². The smallest absolute Gasteiger partial charge is 0.236 e. The average Bonchev–Trinajstić information content (AvgIpc) is 2.88. The highest BCUT2D eigenvalue weighted by molar-refractivity contribution is 6.09. The van der Waals surface area contributed by atoms with E-state index >= 15 is 0 Å². The lowest BCUT2D eigenvalue weighted by Crippen LogP contribution is -2.54. The first-order valence-corrected chi connectivity index (χ1v) is 8.75. The van der Waals surface area contributed by atoms with E-state index in [4.69, 9.17) is 0 Å². The van der Waals surface area contributed by atoms with Crippen LogP contribution in [-0.2, 0) is 14.4 Å². The highest BCUT2D eigenvalue weighted by Crippen LogP contribution is 2.64. The fourth-order valence-electron chi connectivity index (χ4n) is 5.14. The van der Waals surface area contributed by atoms with Crippen molar-refractivity contribution in [1.82, 2.24) is 9.80 Å². The second kappa shape index (κ2) is 5.32. The van der Waals surface area contributed by atoms with E-state index in [1.165, 1.54) is 0 Å². The van der Waals surface area contributed by atoms with Gasteiger partial charge in [0, 0.05) is 39.5 Å². The van der Waals surface area contributed by atoms with Gasteiger partial charge in [0.25, 0.3) is 0 Å². The second-order valence-corrected chi connectivity index (χ2v) is 8.29. The summed E-state index contributed by atoms with van der Waals surface area (Å²) in [4.78, 5) is 41.4. The fourth-order valence-corrected chi connectivity index (χ4v) is 5.14. The number of rotatable bonds is 2. The lowest BCUT2D eigenvalue weighted by molar-refractivity contribution is -0.155. The number of amides is 2. The largest absolute Gasteiger partial charge is 0.349 e. The molecule has 0 N–H and O–H groups in total. The monoisotopic (exact) mass is 320 g/mol. The molecular weight excluding hydrogens is 292 g/mol. The minimum Gasteiger partial charge on any atom is -0.349 e. The molecule has 0 spiro atoms. The molecule has 2 amide bonds. The lowest BCUT2D eigenvalue weighted by atomic mass is 9.67. The van der Waals surface area contributed by atoms with Crippen molar-refractivity contribution in [3.05, 3.63) is 0 Å². The van der Waals surface area contributed by atoms with Gasteiger partial charge >= 0.3 is 0 Å². The number of carbonyl (C=O) groups excluding carboxylic acids is 3. The molecule has 2 unspecified atom stereocenters. The Labute approximate surface area is 138 Å². The molecule has 1 saturated heterocycles. The first-order valence-electron chi connectivity index (χ1n) is 8.75. The number of nitrogens with zero attached hydrogens (tertiary/aromatic N) is 2. The molecule has 2 atom stereocenters. The number of piperidine rings is 1. The molecule has 0 aromatic carbocycles. The summed E-state index contributed by atoms with van der Waals surface area (Å²) in [6, 6.07) is 0. The number of hydrogen-bond acceptors (Lipinski definition) is 3. The van der Waals surface area contributed by atoms with Crippen LogP contribution in [0.25, 0.3) is 0 Å². The molecule has 0 aromatic heterocycles. The zero-order chi connectivity index (χ0) is 17.0. The van der Waals surface area contributed by atoms with E-state index in [-0.39, 0.29) is 28.9 Å². The van der Waals surface area contributed by atoms with Crippen LogP contribution in [0.4, 0.5) is 0 Å². The third-order valence-electron chi connectivity index (χ3n) is 6.83. The lowest BCUT2D eigenvalue weighted by Gasteiger charge is -2.41. The van der Waals surface area contributed by atoms with Crippen molar-refractivity contribution >= 4 is 17.6 Å². The molecule has 23 heavy (non-hydrogen) atoms. The maximum atomic E-state index is 13.2. The van der Waals surface area contributed by atoms with E-state index in [0.717, 1.165) is 6.42 Å². The van der Waals surface area contributed by atoms with Crippen molar-refractivity contribution in [2.75, 3.05) is 27.2 Å². The zero-order valence-electron chi connectivity index (χ0n) is 14.7. The minimum atomic E-state index is -0.796. The van der Waals surface area contributed by atoms with Crippen molar-refractivity contribution in [3.63, 3.8) is 0 Å². The number of hydrogen-bond donors (Lipinski definition) is 0. The third-order valence-corrected chi connectivity index (χ3v) is 6.83. The second-order valence-electron chi connectivity index (χ2n) is 8.29. The Kier molecular flexibility index (Phi) is 3.81. The van der Waals surface area contributed by atoms with Gasteiger partial charge in [0.2, 0.25) is 11.8 Å². The Balaban J connectivity index is 1.73. The van der Waals surface area contributed by atoms with Crippen molar-refractivity contribution in [2.45, 2.75) is 46.0 Å². The van der Waals surface area contributed by atoms with Crippen LogP contribution in [0, 0.1) is 22.7 Å². The summed E-state index contributed by atoms with van der Waals surface area (Å²) in [7, 11) is 3.55. The van der Waals surface area contributed by atoms with Gasteiger partial charge in [-0.1, -0.05) is 13.8 Å². The highest BCUT2D eigenvalue weighted by Gasteiger charge is 2.68. The van der Waals surface area contributed by atoms with Gasteiger partial charge in [-0.25, -0.2) is 0 Å². The number of likely N-dealkylation sites (tertiary alicyclic amines) is 1. The SMILES string of the molecule is CN(C)C(=O)C1CCN(C(=O)C23CCC(CC2=O)C3(C)C)CC1. The Morgan fingerprint density at radius 1 is 1.13 bits per heavy atom. The van der Waals surface area contributed by atoms with Crippen LogP contribution in [0.1, 0.15) is 46.0 Å². The summed E-state index contributed by atoms with van der Waals surface area (Å²) in [6.07, 6.45) is 3.67. The summed E-state index contributed by atoms with van der Waals surface area (Å²) in [5.41, 5.74) is -1.02. The molecule has 5 nitrogen and oxygen atoms in total. The number of carbonyl (C=O) groups is 3. The standard InChI is InChI=1S/C18H28N2O3/c1-17(2)13-5-8-18(17,14(21)11-13)16(23)20-9-6-12(7-10-20)15(22)19(3)4/h12-13H,5-11H2,1-4H3. The van der Waals surface area contributed by atoms with E-state index in [1.54, 1.807) is 19.0 Å². The summed E-state index contributed by atoms with van der Waals surface area (Å²) in [5, 5.41) is 0. The maximum absolute atomic E-state index is 13.2. The molecule has 0 aromatic rings. The van der Waals surface area contributed by atoms with Crippen LogP contribution >= 0.6 is 0 Å². The molecule has 3 fully saturated rings. The summed E-state index contributed by atoms with van der Waals surface area (Å²) < 4.78 is 0. The first-order chi connectivity index (χ1) is 10.7. The van der Waals surface area contributed by atoms with Crippen LogP contribution < -0.4 is 0 Å². The van der Waals surface area contributed by atoms with Crippen LogP contribution in [0.3, 0.4) is 0 Å². The van der Waals surface area contributed by atoms with E-state index in [0.29, 0.717) is 44.7 Å². The molecule has 2 aliphatic carbocycles. The van der Waals surface area contributed by atoms with Gasteiger partial charge in [0.05, 0.1) is 0 Å². The average molecular weight is 320 g/mol. The quantitative estimate of drug-likeness (QED) is 0.728. The van der Waals surface area contributed by atoms with E-state index in [9.17, 15) is 14.4 Å². The van der Waals surface area contributed by atoms with Crippen LogP contribution in [0.2, 0.25) is 0 Å². The number of Topliss-reactive ketones (excluding diaryl/α,β-unsaturated/α-hetero) is 1. The van der Waals surface area contributed by atoms with Gasteiger partial charge in [-0.05, 0) is 37.0 Å². The third kappa shape index (κ3) is 2.15. The summed E-state index contributed by atoms with van der Waals surface area (Å²) in [5.74, 6) is 0.689. The minimum absolute atomic E-state index is 0.00941. The van der Waals surface area contributed by atoms with Crippen LogP contribution in [0.5, 0.6) is 0 Å². The van der Waals surface area contributed by atoms with Crippen molar-refractivity contribution in [3.8, 4) is 0 Å². The van der Waals surface area contributed by atoms with Crippen LogP contribution in [-0.4, -0.2) is 54.6 Å². The molecule has 128 valence electrons. The molecule has 2 bridgehead atoms. The van der Waals surface area contributed by atoms with Crippen LogP contribution in [0.15, 0.2) is 0 Å². The molecule has 0 radical (unpaired) electrons. The van der Waals surface area contributed by atoms with Gasteiger partial charge < -0.3 is 9.80 Å². The van der Waals surface area contributed by atoms with Crippen molar-refractivity contribution in [1.29, 1.82) is 0 Å². The topological polar surface area (TPSA) is 57.7 Å². The predicted molar refractivity (Wildman–Crippen MR) is 86.6 cm³/mol. The molecule has 1 heterocycles. The normalized spacial score (nSPS) is 33.1. The van der Waals surface area contributed by atoms with Crippen molar-refractivity contribution in [2.24, 2.45) is 22.7 Å².